The molecule has 2 heterocycles. The molecule has 1 N–H and O–H groups in total. The normalized spacial score (nSPS) is 10.6. The second-order valence-corrected chi connectivity index (χ2v) is 6.63. The molecule has 3 rings (SSSR count). The minimum Gasteiger partial charge on any atom is -0.422 e. The molecular weight excluding hydrogens is 336 g/mol. The van der Waals surface area contributed by atoms with Crippen LogP contribution in [-0.4, -0.2) is 11.5 Å². The van der Waals surface area contributed by atoms with Crippen LogP contribution in [0.2, 0.25) is 0 Å². The maximum absolute atomic E-state index is 12.5. The third-order valence-corrected chi connectivity index (χ3v) is 4.77. The average Bonchev–Trinajstić information content (AvgIpc) is 2.58. The first-order chi connectivity index (χ1) is 12.0. The number of carbonyl (C=O) groups excluding carboxylic acids is 1. The summed E-state index contributed by atoms with van der Waals surface area (Å²) in [6.07, 6.45) is 0. The smallest absolute Gasteiger partial charge is 0.347 e. The van der Waals surface area contributed by atoms with Gasteiger partial charge in [0.1, 0.15) is 22.8 Å². The first kappa shape index (κ1) is 16.9. The Morgan fingerprint density at radius 1 is 1.28 bits per heavy atom. The highest BCUT2D eigenvalue weighted by Gasteiger charge is 2.19. The number of rotatable bonds is 4. The van der Waals surface area contributed by atoms with Crippen molar-refractivity contribution in [2.45, 2.75) is 18.9 Å². The molecule has 0 aliphatic carbocycles. The van der Waals surface area contributed by atoms with Crippen molar-refractivity contribution in [1.29, 1.82) is 5.26 Å². The molecule has 0 radical (unpaired) electrons. The zero-order valence-corrected chi connectivity index (χ0v) is 14.6. The van der Waals surface area contributed by atoms with E-state index in [1.807, 2.05) is 26.0 Å². The lowest BCUT2D eigenvalue weighted by Gasteiger charge is -2.03. The molecule has 25 heavy (non-hydrogen) atoms. The summed E-state index contributed by atoms with van der Waals surface area (Å²) in [5.74, 6) is -0.294. The summed E-state index contributed by atoms with van der Waals surface area (Å²) < 4.78 is 5.20. The molecule has 0 atom stereocenters. The quantitative estimate of drug-likeness (QED) is 0.410. The van der Waals surface area contributed by atoms with Gasteiger partial charge in [-0.15, -0.1) is 0 Å². The predicted octanol–water partition coefficient (Wildman–Crippen LogP) is 3.07. The number of nitriles is 1. The summed E-state index contributed by atoms with van der Waals surface area (Å²) in [7, 11) is 0. The standard InChI is InChI=1S/C19H14N2O3S/c1-11-7-12(2)21-18(15(11)9-20)25-10-16(22)14-8-13-5-3-4-6-17(13)24-19(14)23/h3-8H,10H2,1-2H3/p+1. The minimum absolute atomic E-state index is 0.0223. The van der Waals surface area contributed by atoms with Gasteiger partial charge in [0.25, 0.3) is 5.03 Å². The molecule has 0 saturated carbocycles. The number of benzene rings is 1. The molecule has 0 aliphatic heterocycles. The van der Waals surface area contributed by atoms with Gasteiger partial charge in [0.05, 0.1) is 5.75 Å². The first-order valence-corrected chi connectivity index (χ1v) is 8.60. The fourth-order valence-electron chi connectivity index (χ4n) is 2.57. The van der Waals surface area contributed by atoms with Gasteiger partial charge in [-0.25, -0.2) is 9.78 Å². The topological polar surface area (TPSA) is 85.2 Å². The van der Waals surface area contributed by atoms with Crippen LogP contribution in [0.4, 0.5) is 0 Å². The van der Waals surface area contributed by atoms with Crippen molar-refractivity contribution in [3.05, 3.63) is 69.2 Å². The molecule has 5 nitrogen and oxygen atoms in total. The van der Waals surface area contributed by atoms with Crippen LogP contribution in [0.15, 0.2) is 50.6 Å². The van der Waals surface area contributed by atoms with Gasteiger partial charge in [-0.05, 0) is 36.4 Å². The molecule has 0 bridgehead atoms. The van der Waals surface area contributed by atoms with E-state index in [2.05, 4.69) is 11.1 Å². The molecule has 1 aromatic carbocycles. The number of fused-ring (bicyclic) bond motifs is 1. The summed E-state index contributed by atoms with van der Waals surface area (Å²) in [5, 5.41) is 10.6. The number of nitrogens with one attached hydrogen (secondary N) is 1. The summed E-state index contributed by atoms with van der Waals surface area (Å²) in [6, 6.07) is 12.6. The number of aromatic amines is 1. The SMILES string of the molecule is Cc1cc(C)c(C#N)c(SCC(=O)c2cc3ccccc3oc2=O)[nH+]1. The van der Waals surface area contributed by atoms with Crippen molar-refractivity contribution in [1.82, 2.24) is 0 Å². The molecule has 0 unspecified atom stereocenters. The number of hydrogen-bond acceptors (Lipinski definition) is 5. The molecular formula is C19H15N2O3S+. The van der Waals surface area contributed by atoms with E-state index in [4.69, 9.17) is 4.42 Å². The number of H-pyrrole nitrogens is 1. The van der Waals surface area contributed by atoms with Crippen LogP contribution in [-0.2, 0) is 0 Å². The number of pyridine rings is 1. The van der Waals surface area contributed by atoms with E-state index in [0.29, 0.717) is 21.6 Å². The van der Waals surface area contributed by atoms with Gasteiger partial charge in [0.15, 0.2) is 11.5 Å². The van der Waals surface area contributed by atoms with Crippen molar-refractivity contribution in [2.75, 3.05) is 5.75 Å². The Balaban J connectivity index is 1.88. The number of carbonyl (C=O) groups is 1. The zero-order valence-electron chi connectivity index (χ0n) is 13.8. The monoisotopic (exact) mass is 351 g/mol. The molecule has 2 aromatic heterocycles. The first-order valence-electron chi connectivity index (χ1n) is 7.62. The van der Waals surface area contributed by atoms with Gasteiger partial charge in [-0.1, -0.05) is 18.2 Å². The highest BCUT2D eigenvalue weighted by atomic mass is 32.2. The molecule has 0 aliphatic rings. The van der Waals surface area contributed by atoms with E-state index in [1.165, 1.54) is 11.8 Å². The lowest BCUT2D eigenvalue weighted by Crippen LogP contribution is -2.18. The maximum atomic E-state index is 12.5. The number of Topliss-reactive ketones (excluding diaryl/α,β-unsaturated/α-hetero) is 1. The molecule has 6 heteroatoms. The van der Waals surface area contributed by atoms with Gasteiger partial charge < -0.3 is 4.42 Å². The van der Waals surface area contributed by atoms with Crippen molar-refractivity contribution in [2.24, 2.45) is 0 Å². The van der Waals surface area contributed by atoms with Crippen molar-refractivity contribution >= 4 is 28.5 Å². The van der Waals surface area contributed by atoms with Gasteiger partial charge in [-0.2, -0.15) is 5.26 Å². The predicted molar refractivity (Wildman–Crippen MR) is 94.7 cm³/mol. The van der Waals surface area contributed by atoms with Crippen LogP contribution >= 0.6 is 11.8 Å². The fourth-order valence-corrected chi connectivity index (χ4v) is 3.59. The van der Waals surface area contributed by atoms with E-state index >= 15 is 0 Å². The van der Waals surface area contributed by atoms with Crippen molar-refractivity contribution < 1.29 is 14.2 Å². The average molecular weight is 351 g/mol. The van der Waals surface area contributed by atoms with E-state index in [1.54, 1.807) is 24.3 Å². The Labute approximate surface area is 148 Å². The summed E-state index contributed by atoms with van der Waals surface area (Å²) in [5.41, 5.74) is 2.08. The highest BCUT2D eigenvalue weighted by molar-refractivity contribution is 7.99. The number of aromatic nitrogens is 1. The van der Waals surface area contributed by atoms with Crippen LogP contribution < -0.4 is 10.6 Å². The molecule has 0 saturated heterocycles. The number of nitrogens with zero attached hydrogens (tertiary/aromatic N) is 1. The Hall–Kier alpha value is -2.91. The number of para-hydroxylation sites is 1. The fraction of sp³-hybridized carbons (Fsp3) is 0.158. The van der Waals surface area contributed by atoms with Gasteiger partial charge in [-0.3, -0.25) is 4.79 Å². The van der Waals surface area contributed by atoms with E-state index in [9.17, 15) is 14.9 Å². The van der Waals surface area contributed by atoms with E-state index < -0.39 is 5.63 Å². The Morgan fingerprint density at radius 3 is 2.80 bits per heavy atom. The van der Waals surface area contributed by atoms with Gasteiger partial charge >= 0.3 is 5.63 Å². The number of aryl methyl sites for hydroxylation is 2. The Kier molecular flexibility index (Phi) is 4.68. The number of ketones is 1. The third-order valence-electron chi connectivity index (χ3n) is 3.77. The summed E-state index contributed by atoms with van der Waals surface area (Å²) >= 11 is 1.21. The molecule has 0 fully saturated rings. The second-order valence-electron chi connectivity index (χ2n) is 5.65. The van der Waals surface area contributed by atoms with E-state index in [-0.39, 0.29) is 17.1 Å². The Morgan fingerprint density at radius 2 is 2.04 bits per heavy atom. The van der Waals surface area contributed by atoms with Crippen LogP contribution in [0, 0.1) is 25.2 Å². The summed E-state index contributed by atoms with van der Waals surface area (Å²) in [4.78, 5) is 27.6. The third kappa shape index (κ3) is 3.47. The largest absolute Gasteiger partial charge is 0.422 e. The number of thioether (sulfide) groups is 1. The zero-order chi connectivity index (χ0) is 18.0. The van der Waals surface area contributed by atoms with Crippen LogP contribution in [0.3, 0.4) is 0 Å². The lowest BCUT2D eigenvalue weighted by atomic mass is 10.1. The molecule has 3 aromatic rings. The van der Waals surface area contributed by atoms with E-state index in [0.717, 1.165) is 11.3 Å². The molecule has 0 amide bonds. The lowest BCUT2D eigenvalue weighted by molar-refractivity contribution is -0.435. The molecule has 0 spiro atoms. The van der Waals surface area contributed by atoms with Crippen molar-refractivity contribution in [3.8, 4) is 6.07 Å². The Bertz CT molecular complexity index is 1080. The second kappa shape index (κ2) is 6.91. The van der Waals surface area contributed by atoms with Crippen molar-refractivity contribution in [3.63, 3.8) is 0 Å². The maximum Gasteiger partial charge on any atom is 0.347 e. The molecule has 124 valence electrons. The van der Waals surface area contributed by atoms with Gasteiger partial charge in [0, 0.05) is 18.4 Å². The highest BCUT2D eigenvalue weighted by Crippen LogP contribution is 2.22. The van der Waals surface area contributed by atoms with Gasteiger partial charge in [0.2, 0.25) is 0 Å². The van der Waals surface area contributed by atoms with Crippen LogP contribution in [0.5, 0.6) is 0 Å². The number of hydrogen-bond donors (Lipinski definition) is 0. The minimum atomic E-state index is -0.644. The van der Waals surface area contributed by atoms with Crippen LogP contribution in [0.25, 0.3) is 11.0 Å². The van der Waals surface area contributed by atoms with Crippen LogP contribution in [0.1, 0.15) is 27.2 Å². The summed E-state index contributed by atoms with van der Waals surface area (Å²) in [6.45, 7) is 3.74.